The average molecular weight is 461 g/mol. The van der Waals surface area contributed by atoms with Crippen LogP contribution in [-0.4, -0.2) is 22.9 Å². The van der Waals surface area contributed by atoms with Crippen LogP contribution in [0.1, 0.15) is 58.5 Å². The van der Waals surface area contributed by atoms with Crippen LogP contribution >= 0.6 is 22.9 Å². The maximum Gasteiger partial charge on any atom is 0.307 e. The van der Waals surface area contributed by atoms with Crippen molar-refractivity contribution in [1.82, 2.24) is 0 Å². The Labute approximate surface area is 190 Å². The molecule has 2 amide bonds. The number of aliphatic carboxylic acids is 1. The van der Waals surface area contributed by atoms with Crippen molar-refractivity contribution in [1.29, 1.82) is 0 Å². The monoisotopic (exact) mass is 460 g/mol. The number of rotatable bonds is 5. The fraction of sp³-hybridized carbons (Fsp3) is 0.435. The number of amides is 2. The quantitative estimate of drug-likeness (QED) is 0.565. The molecular formula is C23H25ClN2O4S. The minimum atomic E-state index is -0.926. The highest BCUT2D eigenvalue weighted by Crippen LogP contribution is 2.40. The number of halogens is 1. The molecule has 8 heteroatoms. The lowest BCUT2D eigenvalue weighted by Crippen LogP contribution is -2.36. The first-order valence-electron chi connectivity index (χ1n) is 10.6. The highest BCUT2D eigenvalue weighted by atomic mass is 35.5. The van der Waals surface area contributed by atoms with E-state index in [1.165, 1.54) is 11.3 Å². The normalized spacial score (nSPS) is 20.2. The van der Waals surface area contributed by atoms with Crippen molar-refractivity contribution in [3.8, 4) is 0 Å². The smallest absolute Gasteiger partial charge is 0.307 e. The van der Waals surface area contributed by atoms with Gasteiger partial charge >= 0.3 is 5.97 Å². The number of nitrogens with one attached hydrogen (secondary N) is 2. The molecule has 1 saturated carbocycles. The number of aryl methyl sites for hydroxylation is 2. The molecule has 164 valence electrons. The maximum atomic E-state index is 13.2. The first-order chi connectivity index (χ1) is 14.8. The number of anilines is 2. The summed E-state index contributed by atoms with van der Waals surface area (Å²) >= 11 is 7.52. The van der Waals surface area contributed by atoms with Crippen LogP contribution in [0.25, 0.3) is 0 Å². The summed E-state index contributed by atoms with van der Waals surface area (Å²) in [5, 5.41) is 16.5. The van der Waals surface area contributed by atoms with Crippen LogP contribution in [0, 0.1) is 18.8 Å². The fourth-order valence-electron chi connectivity index (χ4n) is 4.59. The van der Waals surface area contributed by atoms with E-state index in [1.54, 1.807) is 12.1 Å². The highest BCUT2D eigenvalue weighted by molar-refractivity contribution is 7.17. The maximum absolute atomic E-state index is 13.2. The number of fused-ring (bicyclic) bond motifs is 1. The molecule has 2 aromatic rings. The molecule has 4 rings (SSSR count). The molecule has 1 heterocycles. The van der Waals surface area contributed by atoms with E-state index in [4.69, 9.17) is 11.6 Å². The molecule has 0 spiro atoms. The standard InChI is InChI=1S/C23H25ClN2O4S/c1-12-11-13(9-10-17(12)24)25-21(28)19-16-7-4-8-18(16)31-22(19)26-20(27)14-5-2-3-6-15(14)23(29)30/h9-11,14-15H,2-8H2,1H3,(H,25,28)(H,26,27)(H,29,30). The Morgan fingerprint density at radius 2 is 1.81 bits per heavy atom. The molecule has 0 saturated heterocycles. The molecule has 31 heavy (non-hydrogen) atoms. The minimum absolute atomic E-state index is 0.269. The zero-order valence-electron chi connectivity index (χ0n) is 17.3. The van der Waals surface area contributed by atoms with Gasteiger partial charge in [0.2, 0.25) is 5.91 Å². The molecular weight excluding hydrogens is 436 g/mol. The topological polar surface area (TPSA) is 95.5 Å². The Bertz CT molecular complexity index is 1050. The van der Waals surface area contributed by atoms with E-state index in [0.29, 0.717) is 34.1 Å². The van der Waals surface area contributed by atoms with Crippen LogP contribution in [0.5, 0.6) is 0 Å². The third-order valence-corrected chi connectivity index (χ3v) is 7.85. The van der Waals surface area contributed by atoms with Gasteiger partial charge in [-0.3, -0.25) is 14.4 Å². The predicted molar refractivity (Wildman–Crippen MR) is 122 cm³/mol. The molecule has 0 bridgehead atoms. The summed E-state index contributed by atoms with van der Waals surface area (Å²) in [6.45, 7) is 1.87. The highest BCUT2D eigenvalue weighted by Gasteiger charge is 2.37. The lowest BCUT2D eigenvalue weighted by molar-refractivity contribution is -0.147. The Kier molecular flexibility index (Phi) is 6.34. The van der Waals surface area contributed by atoms with Gasteiger partial charge < -0.3 is 15.7 Å². The molecule has 0 radical (unpaired) electrons. The van der Waals surface area contributed by atoms with E-state index >= 15 is 0 Å². The Morgan fingerprint density at radius 1 is 1.06 bits per heavy atom. The second-order valence-electron chi connectivity index (χ2n) is 8.30. The number of hydrogen-bond donors (Lipinski definition) is 3. The van der Waals surface area contributed by atoms with Crippen molar-refractivity contribution in [2.45, 2.75) is 51.9 Å². The summed E-state index contributed by atoms with van der Waals surface area (Å²) in [5.41, 5.74) is 2.99. The first kappa shape index (κ1) is 21.8. The Morgan fingerprint density at radius 3 is 2.52 bits per heavy atom. The van der Waals surface area contributed by atoms with Crippen LogP contribution in [-0.2, 0) is 22.4 Å². The van der Waals surface area contributed by atoms with Gasteiger partial charge in [0.1, 0.15) is 5.00 Å². The van der Waals surface area contributed by atoms with Gasteiger partial charge in [0.25, 0.3) is 5.91 Å². The van der Waals surface area contributed by atoms with Crippen LogP contribution in [0.2, 0.25) is 5.02 Å². The van der Waals surface area contributed by atoms with Crippen LogP contribution in [0.4, 0.5) is 10.7 Å². The Hall–Kier alpha value is -2.38. The van der Waals surface area contributed by atoms with Crippen molar-refractivity contribution < 1.29 is 19.5 Å². The van der Waals surface area contributed by atoms with E-state index in [2.05, 4.69) is 10.6 Å². The van der Waals surface area contributed by atoms with E-state index in [1.807, 2.05) is 13.0 Å². The lowest BCUT2D eigenvalue weighted by Gasteiger charge is -2.27. The van der Waals surface area contributed by atoms with Gasteiger partial charge in [0, 0.05) is 15.6 Å². The SMILES string of the molecule is Cc1cc(NC(=O)c2c(NC(=O)C3CCCCC3C(=O)O)sc3c2CCC3)ccc1Cl. The number of thiophene rings is 1. The van der Waals surface area contributed by atoms with Crippen molar-refractivity contribution >= 4 is 51.4 Å². The van der Waals surface area contributed by atoms with E-state index in [0.717, 1.165) is 48.1 Å². The van der Waals surface area contributed by atoms with Crippen LogP contribution < -0.4 is 10.6 Å². The number of hydrogen-bond acceptors (Lipinski definition) is 4. The van der Waals surface area contributed by atoms with Gasteiger partial charge in [-0.15, -0.1) is 11.3 Å². The Balaban J connectivity index is 1.59. The third kappa shape index (κ3) is 4.48. The molecule has 2 aliphatic carbocycles. The second kappa shape index (κ2) is 9.01. The van der Waals surface area contributed by atoms with Crippen molar-refractivity contribution in [3.63, 3.8) is 0 Å². The fourth-order valence-corrected chi connectivity index (χ4v) is 6.00. The summed E-state index contributed by atoms with van der Waals surface area (Å²) in [6.07, 6.45) is 5.40. The number of benzene rings is 1. The molecule has 0 aliphatic heterocycles. The lowest BCUT2D eigenvalue weighted by atomic mass is 9.79. The summed E-state index contributed by atoms with van der Waals surface area (Å²) in [7, 11) is 0. The van der Waals surface area contributed by atoms with Gasteiger partial charge in [-0.1, -0.05) is 24.4 Å². The first-order valence-corrected chi connectivity index (χ1v) is 11.8. The summed E-state index contributed by atoms with van der Waals surface area (Å²) in [6, 6.07) is 5.30. The number of carboxylic acids is 1. The van der Waals surface area contributed by atoms with Gasteiger partial charge in [0.05, 0.1) is 17.4 Å². The summed E-state index contributed by atoms with van der Waals surface area (Å²) in [4.78, 5) is 38.9. The average Bonchev–Trinajstić information content (AvgIpc) is 3.31. The molecule has 1 fully saturated rings. The third-order valence-electron chi connectivity index (χ3n) is 6.22. The van der Waals surface area contributed by atoms with Crippen molar-refractivity contribution in [3.05, 3.63) is 44.8 Å². The molecule has 2 unspecified atom stereocenters. The molecule has 6 nitrogen and oxygen atoms in total. The van der Waals surface area contributed by atoms with Gasteiger partial charge in [-0.2, -0.15) is 0 Å². The van der Waals surface area contributed by atoms with E-state index < -0.39 is 17.8 Å². The molecule has 3 N–H and O–H groups in total. The summed E-state index contributed by atoms with van der Waals surface area (Å²) in [5.74, 6) is -2.74. The van der Waals surface area contributed by atoms with Gasteiger partial charge in [-0.25, -0.2) is 0 Å². The largest absolute Gasteiger partial charge is 0.481 e. The second-order valence-corrected chi connectivity index (χ2v) is 9.82. The van der Waals surface area contributed by atoms with Crippen LogP contribution in [0.3, 0.4) is 0 Å². The van der Waals surface area contributed by atoms with Crippen molar-refractivity contribution in [2.75, 3.05) is 10.6 Å². The minimum Gasteiger partial charge on any atom is -0.481 e. The van der Waals surface area contributed by atoms with Crippen LogP contribution in [0.15, 0.2) is 18.2 Å². The number of carbonyl (C=O) groups excluding carboxylic acids is 2. The molecule has 1 aromatic carbocycles. The zero-order valence-corrected chi connectivity index (χ0v) is 18.9. The van der Waals surface area contributed by atoms with Gasteiger partial charge in [-0.05, 0) is 68.4 Å². The predicted octanol–water partition coefficient (Wildman–Crippen LogP) is 5.28. The molecule has 2 atom stereocenters. The van der Waals surface area contributed by atoms with Gasteiger partial charge in [0.15, 0.2) is 0 Å². The molecule has 2 aliphatic rings. The van der Waals surface area contributed by atoms with Crippen molar-refractivity contribution in [2.24, 2.45) is 11.8 Å². The summed E-state index contributed by atoms with van der Waals surface area (Å²) < 4.78 is 0. The number of carboxylic acid groups (broad SMARTS) is 1. The zero-order chi connectivity index (χ0) is 22.1. The van der Waals surface area contributed by atoms with E-state index in [-0.39, 0.29) is 11.8 Å². The number of carbonyl (C=O) groups is 3. The van der Waals surface area contributed by atoms with E-state index in [9.17, 15) is 19.5 Å². The molecule has 1 aromatic heterocycles.